The molecule has 1 saturated carbocycles. The number of nitrogens with zero attached hydrogens (tertiary/aromatic N) is 1. The number of hydrogen-bond donors (Lipinski definition) is 2. The van der Waals surface area contributed by atoms with Gasteiger partial charge in [0, 0.05) is 12.6 Å². The molecule has 38 heavy (non-hydrogen) atoms. The number of esters is 1. The molecule has 0 aliphatic heterocycles. The molecular formula is C29H45N3O6. The standard InChI is InChI=1S/C29H45N3O6/c1-10-37-23(33)13-14-30-26(34)25(21-12-11-18(4)19(5)15-21)32(22-16-20(22)6)27(35)24(17(2)3)31-28(36)38-29(7,8)9/h11-12,15,17,20,22,24-25H,10,13-14,16H2,1-9H3,(H,30,34)(H,31,36). The second-order valence-electron chi connectivity index (χ2n) is 11.5. The number of nitrogens with one attached hydrogen (secondary N) is 2. The summed E-state index contributed by atoms with van der Waals surface area (Å²) in [6, 6.07) is 3.73. The number of amides is 3. The third kappa shape index (κ3) is 8.74. The van der Waals surface area contributed by atoms with Gasteiger partial charge in [0.25, 0.3) is 0 Å². The third-order valence-electron chi connectivity index (χ3n) is 6.59. The summed E-state index contributed by atoms with van der Waals surface area (Å²) < 4.78 is 10.4. The van der Waals surface area contributed by atoms with Crippen molar-refractivity contribution >= 4 is 23.9 Å². The van der Waals surface area contributed by atoms with Crippen LogP contribution in [-0.2, 0) is 23.9 Å². The number of hydrogen-bond acceptors (Lipinski definition) is 6. The van der Waals surface area contributed by atoms with Gasteiger partial charge in [0.05, 0.1) is 13.0 Å². The maximum Gasteiger partial charge on any atom is 0.408 e. The van der Waals surface area contributed by atoms with Crippen molar-refractivity contribution in [2.24, 2.45) is 11.8 Å². The molecule has 1 aromatic carbocycles. The summed E-state index contributed by atoms with van der Waals surface area (Å²) in [5, 5.41) is 5.58. The van der Waals surface area contributed by atoms with Crippen LogP contribution in [-0.4, -0.2) is 59.6 Å². The molecule has 1 aliphatic carbocycles. The number of carbonyl (C=O) groups excluding carboxylic acids is 4. The van der Waals surface area contributed by atoms with Crippen molar-refractivity contribution in [3.05, 3.63) is 34.9 Å². The van der Waals surface area contributed by atoms with E-state index >= 15 is 0 Å². The van der Waals surface area contributed by atoms with Gasteiger partial charge in [-0.15, -0.1) is 0 Å². The highest BCUT2D eigenvalue weighted by molar-refractivity contribution is 5.93. The number of aryl methyl sites for hydroxylation is 2. The topological polar surface area (TPSA) is 114 Å². The quantitative estimate of drug-likeness (QED) is 0.414. The van der Waals surface area contributed by atoms with Crippen LogP contribution in [0.1, 0.15) is 84.0 Å². The Hall–Kier alpha value is -3.10. The van der Waals surface area contributed by atoms with E-state index in [4.69, 9.17) is 9.47 Å². The molecule has 0 saturated heterocycles. The normalized spacial score (nSPS) is 18.3. The molecule has 4 atom stereocenters. The fraction of sp³-hybridized carbons (Fsp3) is 0.655. The Balaban J connectivity index is 2.44. The fourth-order valence-corrected chi connectivity index (χ4v) is 4.27. The number of carbonyl (C=O) groups is 4. The first-order valence-electron chi connectivity index (χ1n) is 13.5. The molecule has 1 aromatic rings. The van der Waals surface area contributed by atoms with E-state index in [0.717, 1.165) is 17.5 Å². The Bertz CT molecular complexity index is 1020. The number of alkyl carbamates (subject to hydrolysis) is 1. The van der Waals surface area contributed by atoms with Crippen LogP contribution in [0.2, 0.25) is 0 Å². The van der Waals surface area contributed by atoms with Crippen molar-refractivity contribution in [1.82, 2.24) is 15.5 Å². The summed E-state index contributed by atoms with van der Waals surface area (Å²) in [6.45, 7) is 17.0. The maximum atomic E-state index is 14.2. The SMILES string of the molecule is CCOC(=O)CCNC(=O)C(c1ccc(C)c(C)c1)N(C(=O)C(NC(=O)OC(C)(C)C)C(C)C)C1CC1C. The van der Waals surface area contributed by atoms with Gasteiger partial charge >= 0.3 is 12.1 Å². The minimum absolute atomic E-state index is 0.0296. The smallest absolute Gasteiger partial charge is 0.408 e. The van der Waals surface area contributed by atoms with Gasteiger partial charge in [-0.1, -0.05) is 39.0 Å². The molecule has 0 aromatic heterocycles. The largest absolute Gasteiger partial charge is 0.466 e. The maximum absolute atomic E-state index is 14.2. The molecule has 2 rings (SSSR count). The van der Waals surface area contributed by atoms with E-state index < -0.39 is 29.7 Å². The Kier molecular flexibility index (Phi) is 10.7. The molecule has 212 valence electrons. The minimum atomic E-state index is -0.930. The molecule has 0 bridgehead atoms. The summed E-state index contributed by atoms with van der Waals surface area (Å²) in [4.78, 5) is 53.9. The molecule has 9 nitrogen and oxygen atoms in total. The van der Waals surface area contributed by atoms with Crippen LogP contribution in [0.25, 0.3) is 0 Å². The van der Waals surface area contributed by atoms with E-state index in [1.807, 2.05) is 52.8 Å². The zero-order valence-corrected chi connectivity index (χ0v) is 24.3. The van der Waals surface area contributed by atoms with Crippen LogP contribution in [0.5, 0.6) is 0 Å². The highest BCUT2D eigenvalue weighted by atomic mass is 16.6. The molecule has 2 N–H and O–H groups in total. The van der Waals surface area contributed by atoms with E-state index in [9.17, 15) is 19.2 Å². The predicted molar refractivity (Wildman–Crippen MR) is 145 cm³/mol. The average Bonchev–Trinajstić information content (AvgIpc) is 3.51. The van der Waals surface area contributed by atoms with Crippen LogP contribution in [0, 0.1) is 25.7 Å². The van der Waals surface area contributed by atoms with Crippen LogP contribution < -0.4 is 10.6 Å². The van der Waals surface area contributed by atoms with Crippen LogP contribution >= 0.6 is 0 Å². The minimum Gasteiger partial charge on any atom is -0.466 e. The summed E-state index contributed by atoms with van der Waals surface area (Å²) in [5.41, 5.74) is 2.02. The number of ether oxygens (including phenoxy) is 2. The average molecular weight is 532 g/mol. The molecule has 1 aliphatic rings. The van der Waals surface area contributed by atoms with Crippen molar-refractivity contribution < 1.29 is 28.7 Å². The van der Waals surface area contributed by atoms with E-state index in [0.29, 0.717) is 5.56 Å². The first kappa shape index (κ1) is 31.1. The molecule has 0 spiro atoms. The lowest BCUT2D eigenvalue weighted by Gasteiger charge is -2.36. The zero-order valence-electron chi connectivity index (χ0n) is 24.3. The molecule has 0 radical (unpaired) electrons. The summed E-state index contributed by atoms with van der Waals surface area (Å²) >= 11 is 0. The predicted octanol–water partition coefficient (Wildman–Crippen LogP) is 4.20. The lowest BCUT2D eigenvalue weighted by Crippen LogP contribution is -2.55. The van der Waals surface area contributed by atoms with Crippen molar-refractivity contribution in [2.45, 2.75) is 98.9 Å². The van der Waals surface area contributed by atoms with Crippen molar-refractivity contribution in [2.75, 3.05) is 13.2 Å². The third-order valence-corrected chi connectivity index (χ3v) is 6.59. The van der Waals surface area contributed by atoms with Gasteiger partial charge in [0.2, 0.25) is 11.8 Å². The lowest BCUT2D eigenvalue weighted by atomic mass is 9.96. The van der Waals surface area contributed by atoms with Crippen molar-refractivity contribution in [1.29, 1.82) is 0 Å². The van der Waals surface area contributed by atoms with Gasteiger partial charge in [-0.25, -0.2) is 4.79 Å². The Morgan fingerprint density at radius 1 is 1.11 bits per heavy atom. The fourth-order valence-electron chi connectivity index (χ4n) is 4.27. The second kappa shape index (κ2) is 13.1. The molecule has 0 heterocycles. The summed E-state index contributed by atoms with van der Waals surface area (Å²) in [5.74, 6) is -1.18. The van der Waals surface area contributed by atoms with Gasteiger partial charge in [0.15, 0.2) is 0 Å². The van der Waals surface area contributed by atoms with Gasteiger partial charge < -0.3 is 25.0 Å². The van der Waals surface area contributed by atoms with Gasteiger partial charge in [-0.3, -0.25) is 14.4 Å². The number of rotatable bonds is 11. The van der Waals surface area contributed by atoms with Gasteiger partial charge in [0.1, 0.15) is 17.7 Å². The first-order chi connectivity index (χ1) is 17.7. The van der Waals surface area contributed by atoms with E-state index in [-0.39, 0.29) is 49.3 Å². The molecule has 3 amide bonds. The number of benzene rings is 1. The van der Waals surface area contributed by atoms with Crippen LogP contribution in [0.4, 0.5) is 4.79 Å². The van der Waals surface area contributed by atoms with Crippen LogP contribution in [0.3, 0.4) is 0 Å². The highest BCUT2D eigenvalue weighted by Crippen LogP contribution is 2.41. The highest BCUT2D eigenvalue weighted by Gasteiger charge is 2.48. The van der Waals surface area contributed by atoms with Gasteiger partial charge in [-0.05, 0) is 76.5 Å². The second-order valence-corrected chi connectivity index (χ2v) is 11.5. The van der Waals surface area contributed by atoms with Crippen molar-refractivity contribution in [3.8, 4) is 0 Å². The zero-order chi connectivity index (χ0) is 28.8. The van der Waals surface area contributed by atoms with E-state index in [1.54, 1.807) is 32.6 Å². The molecule has 1 fully saturated rings. The Morgan fingerprint density at radius 2 is 1.74 bits per heavy atom. The van der Waals surface area contributed by atoms with E-state index in [2.05, 4.69) is 10.6 Å². The van der Waals surface area contributed by atoms with Crippen LogP contribution in [0.15, 0.2) is 18.2 Å². The molecule has 9 heteroatoms. The monoisotopic (exact) mass is 531 g/mol. The van der Waals surface area contributed by atoms with Crippen molar-refractivity contribution in [3.63, 3.8) is 0 Å². The van der Waals surface area contributed by atoms with Gasteiger partial charge in [-0.2, -0.15) is 0 Å². The summed E-state index contributed by atoms with van der Waals surface area (Å²) in [6.07, 6.45) is 0.0948. The molecular weight excluding hydrogens is 486 g/mol. The first-order valence-corrected chi connectivity index (χ1v) is 13.5. The Labute approximate surface area is 227 Å². The Morgan fingerprint density at radius 3 is 2.24 bits per heavy atom. The van der Waals surface area contributed by atoms with E-state index in [1.165, 1.54) is 0 Å². The molecule has 4 unspecified atom stereocenters. The summed E-state index contributed by atoms with van der Waals surface area (Å²) in [7, 11) is 0. The lowest BCUT2D eigenvalue weighted by molar-refractivity contribution is -0.145.